The van der Waals surface area contributed by atoms with Crippen LogP contribution in [0.15, 0.2) is 25.3 Å². The largest absolute Gasteiger partial charge is 1.00 e. The molecule has 0 amide bonds. The van der Waals surface area contributed by atoms with Gasteiger partial charge in [0.25, 0.3) is 0 Å². The third kappa shape index (κ3) is 7.29. The predicted molar refractivity (Wildman–Crippen MR) is 59.6 cm³/mol. The molecule has 0 aromatic rings. The van der Waals surface area contributed by atoms with E-state index in [4.69, 9.17) is 0 Å². The molecule has 0 aliphatic carbocycles. The van der Waals surface area contributed by atoms with E-state index in [1.807, 2.05) is 12.2 Å². The van der Waals surface area contributed by atoms with Gasteiger partial charge in [-0.05, 0) is 12.2 Å². The van der Waals surface area contributed by atoms with Crippen molar-refractivity contribution in [1.82, 2.24) is 0 Å². The molecule has 0 N–H and O–H groups in total. The van der Waals surface area contributed by atoms with E-state index in [-0.39, 0.29) is 12.4 Å². The van der Waals surface area contributed by atoms with Gasteiger partial charge in [0.05, 0.1) is 26.7 Å². The molecule has 0 rings (SSSR count). The van der Waals surface area contributed by atoms with Crippen LogP contribution in [0.5, 0.6) is 0 Å². The predicted octanol–water partition coefficient (Wildman–Crippen LogP) is -0.406. The molecule has 0 unspecified atom stereocenters. The third-order valence-corrected chi connectivity index (χ3v) is 2.53. The number of alkyl halides is 1. The summed E-state index contributed by atoms with van der Waals surface area (Å²) in [6, 6.07) is 0. The number of likely N-dealkylation sites (N-methyl/N-ethyl adjacent to an activating group) is 1. The van der Waals surface area contributed by atoms with Crippen molar-refractivity contribution in [3.8, 4) is 0 Å². The second kappa shape index (κ2) is 8.79. The van der Waals surface area contributed by atoms with Crippen LogP contribution >= 0.6 is 15.9 Å². The SMILES string of the molecule is C=CC[N+](C)(CC=C)CCCBr.[Cl-]. The van der Waals surface area contributed by atoms with Gasteiger partial charge in [0, 0.05) is 11.8 Å². The Morgan fingerprint density at radius 1 is 1.23 bits per heavy atom. The fourth-order valence-electron chi connectivity index (χ4n) is 1.32. The normalized spacial score (nSPS) is 10.3. The molecule has 0 heterocycles. The van der Waals surface area contributed by atoms with Gasteiger partial charge in [-0.2, -0.15) is 0 Å². The summed E-state index contributed by atoms with van der Waals surface area (Å²) < 4.78 is 1.03. The van der Waals surface area contributed by atoms with Crippen LogP contribution in [0.25, 0.3) is 0 Å². The minimum atomic E-state index is 0. The average molecular weight is 269 g/mol. The molecule has 0 aliphatic rings. The zero-order valence-electron chi connectivity index (χ0n) is 8.31. The maximum absolute atomic E-state index is 3.77. The van der Waals surface area contributed by atoms with Crippen LogP contribution in [-0.2, 0) is 0 Å². The van der Waals surface area contributed by atoms with Gasteiger partial charge >= 0.3 is 0 Å². The zero-order chi connectivity index (χ0) is 9.45. The Morgan fingerprint density at radius 2 is 1.69 bits per heavy atom. The molecule has 0 saturated carbocycles. The molecule has 0 fully saturated rings. The van der Waals surface area contributed by atoms with Crippen molar-refractivity contribution in [1.29, 1.82) is 0 Å². The molecular weight excluding hydrogens is 249 g/mol. The van der Waals surface area contributed by atoms with Crippen LogP contribution in [0.3, 0.4) is 0 Å². The minimum Gasteiger partial charge on any atom is -1.00 e. The number of rotatable bonds is 7. The summed E-state index contributed by atoms with van der Waals surface area (Å²) in [6.07, 6.45) is 5.17. The first-order valence-electron chi connectivity index (χ1n) is 4.30. The van der Waals surface area contributed by atoms with E-state index < -0.39 is 0 Å². The van der Waals surface area contributed by atoms with Crippen LogP contribution in [0, 0.1) is 0 Å². The summed E-state index contributed by atoms with van der Waals surface area (Å²) in [5.74, 6) is 0. The van der Waals surface area contributed by atoms with E-state index >= 15 is 0 Å². The summed E-state index contributed by atoms with van der Waals surface area (Å²) in [6.45, 7) is 10.8. The first-order chi connectivity index (χ1) is 5.68. The summed E-state index contributed by atoms with van der Waals surface area (Å²) in [5.41, 5.74) is 0. The highest BCUT2D eigenvalue weighted by Gasteiger charge is 2.16. The van der Waals surface area contributed by atoms with Gasteiger partial charge in [0.15, 0.2) is 0 Å². The second-order valence-electron chi connectivity index (χ2n) is 3.33. The molecule has 0 spiro atoms. The molecular formula is C10H19BrClN. The van der Waals surface area contributed by atoms with Crippen LogP contribution in [0.2, 0.25) is 0 Å². The van der Waals surface area contributed by atoms with E-state index in [0.29, 0.717) is 0 Å². The third-order valence-electron chi connectivity index (χ3n) is 1.97. The van der Waals surface area contributed by atoms with Gasteiger partial charge in [-0.3, -0.25) is 0 Å². The monoisotopic (exact) mass is 267 g/mol. The number of nitrogens with zero attached hydrogens (tertiary/aromatic N) is 1. The Balaban J connectivity index is 0. The molecule has 0 radical (unpaired) electrons. The summed E-state index contributed by atoms with van der Waals surface area (Å²) in [5, 5.41) is 1.08. The Morgan fingerprint density at radius 3 is 2.00 bits per heavy atom. The molecule has 0 saturated heterocycles. The van der Waals surface area contributed by atoms with Gasteiger partial charge in [0.1, 0.15) is 0 Å². The second-order valence-corrected chi connectivity index (χ2v) is 4.12. The van der Waals surface area contributed by atoms with E-state index in [9.17, 15) is 0 Å². The van der Waals surface area contributed by atoms with Crippen molar-refractivity contribution in [3.05, 3.63) is 25.3 Å². The lowest BCUT2D eigenvalue weighted by Gasteiger charge is -2.32. The molecule has 13 heavy (non-hydrogen) atoms. The molecule has 0 aromatic heterocycles. The lowest BCUT2D eigenvalue weighted by Crippen LogP contribution is -3.00. The van der Waals surface area contributed by atoms with Gasteiger partial charge < -0.3 is 16.9 Å². The number of hydrogen-bond donors (Lipinski definition) is 0. The highest BCUT2D eigenvalue weighted by Crippen LogP contribution is 2.05. The minimum absolute atomic E-state index is 0. The van der Waals surface area contributed by atoms with E-state index in [2.05, 4.69) is 36.1 Å². The van der Waals surface area contributed by atoms with Crippen molar-refractivity contribution >= 4 is 15.9 Å². The van der Waals surface area contributed by atoms with Crippen LogP contribution in [-0.4, -0.2) is 36.5 Å². The van der Waals surface area contributed by atoms with Gasteiger partial charge in [-0.25, -0.2) is 0 Å². The fourth-order valence-corrected chi connectivity index (χ4v) is 1.57. The average Bonchev–Trinajstić information content (AvgIpc) is 2.02. The molecule has 0 aromatic carbocycles. The van der Waals surface area contributed by atoms with Gasteiger partial charge in [0.2, 0.25) is 0 Å². The van der Waals surface area contributed by atoms with Gasteiger partial charge in [-0.15, -0.1) is 0 Å². The van der Waals surface area contributed by atoms with Crippen LogP contribution in [0.1, 0.15) is 6.42 Å². The van der Waals surface area contributed by atoms with Crippen molar-refractivity contribution < 1.29 is 16.9 Å². The number of halogens is 2. The van der Waals surface area contributed by atoms with E-state index in [1.165, 1.54) is 13.0 Å². The maximum Gasteiger partial charge on any atom is 0.0971 e. The highest BCUT2D eigenvalue weighted by molar-refractivity contribution is 9.09. The first-order valence-corrected chi connectivity index (χ1v) is 5.42. The van der Waals surface area contributed by atoms with E-state index in [1.54, 1.807) is 0 Å². The number of quaternary nitrogens is 1. The highest BCUT2D eigenvalue weighted by atomic mass is 79.9. The molecule has 1 nitrogen and oxygen atoms in total. The standard InChI is InChI=1S/C10H19BrN.ClH/c1-4-8-12(3,9-5-2)10-6-7-11;/h4-5H,1-2,6-10H2,3H3;1H/q+1;/p-1. The molecule has 0 atom stereocenters. The quantitative estimate of drug-likeness (QED) is 0.335. The topological polar surface area (TPSA) is 0 Å². The molecule has 3 heteroatoms. The fraction of sp³-hybridized carbons (Fsp3) is 0.600. The van der Waals surface area contributed by atoms with Crippen molar-refractivity contribution in [2.45, 2.75) is 6.42 Å². The maximum atomic E-state index is 3.77. The first kappa shape index (κ1) is 15.7. The lowest BCUT2D eigenvalue weighted by atomic mass is 10.3. The number of hydrogen-bond acceptors (Lipinski definition) is 0. The summed E-state index contributed by atoms with van der Waals surface area (Å²) >= 11 is 3.44. The zero-order valence-corrected chi connectivity index (χ0v) is 10.6. The molecule has 78 valence electrons. The Kier molecular flexibility index (Phi) is 10.6. The summed E-state index contributed by atoms with van der Waals surface area (Å²) in [7, 11) is 2.24. The summed E-state index contributed by atoms with van der Waals surface area (Å²) in [4.78, 5) is 0. The lowest BCUT2D eigenvalue weighted by molar-refractivity contribution is -0.898. The smallest absolute Gasteiger partial charge is 0.0971 e. The van der Waals surface area contributed by atoms with Crippen LogP contribution < -0.4 is 12.4 Å². The van der Waals surface area contributed by atoms with E-state index in [0.717, 1.165) is 22.9 Å². The Bertz CT molecular complexity index is 138. The van der Waals surface area contributed by atoms with Crippen LogP contribution in [0.4, 0.5) is 0 Å². The van der Waals surface area contributed by atoms with Crippen molar-refractivity contribution in [3.63, 3.8) is 0 Å². The van der Waals surface area contributed by atoms with Crippen molar-refractivity contribution in [2.75, 3.05) is 32.0 Å². The molecule has 0 aliphatic heterocycles. The molecule has 0 bridgehead atoms. The Hall–Kier alpha value is 0.210. The Labute approximate surface area is 96.6 Å². The van der Waals surface area contributed by atoms with Gasteiger partial charge in [-0.1, -0.05) is 29.1 Å². The van der Waals surface area contributed by atoms with Crippen molar-refractivity contribution in [2.24, 2.45) is 0 Å².